The van der Waals surface area contributed by atoms with Gasteiger partial charge in [-0.25, -0.2) is 0 Å². The van der Waals surface area contributed by atoms with Crippen LogP contribution in [-0.4, -0.2) is 24.7 Å². The molecule has 3 rings (SSSR count). The van der Waals surface area contributed by atoms with Gasteiger partial charge < -0.3 is 10.1 Å². The topological polar surface area (TPSA) is 34.2 Å². The van der Waals surface area contributed by atoms with Crippen LogP contribution in [0, 0.1) is 5.41 Å². The molecular weight excluding hydrogens is 328 g/mol. The van der Waals surface area contributed by atoms with Crippen molar-refractivity contribution in [1.82, 2.24) is 4.98 Å². The van der Waals surface area contributed by atoms with Gasteiger partial charge in [0.25, 0.3) is 0 Å². The molecular formula is C14H14BrClN2O. The molecule has 1 N–H and O–H groups in total. The highest BCUT2D eigenvalue weighted by Gasteiger charge is 2.33. The van der Waals surface area contributed by atoms with E-state index in [-0.39, 0.29) is 5.41 Å². The van der Waals surface area contributed by atoms with Gasteiger partial charge in [0.15, 0.2) is 0 Å². The highest BCUT2D eigenvalue weighted by Crippen LogP contribution is 2.32. The van der Waals surface area contributed by atoms with E-state index in [1.807, 2.05) is 18.2 Å². The third-order valence-corrected chi connectivity index (χ3v) is 4.12. The quantitative estimate of drug-likeness (QED) is 0.912. The Labute approximate surface area is 125 Å². The van der Waals surface area contributed by atoms with Gasteiger partial charge in [0, 0.05) is 33.7 Å². The summed E-state index contributed by atoms with van der Waals surface area (Å²) in [5.41, 5.74) is 2.11. The van der Waals surface area contributed by atoms with E-state index in [4.69, 9.17) is 16.3 Å². The Morgan fingerprint density at radius 1 is 1.47 bits per heavy atom. The van der Waals surface area contributed by atoms with Gasteiger partial charge in [-0.2, -0.15) is 0 Å². The molecule has 1 aromatic carbocycles. The van der Waals surface area contributed by atoms with Crippen LogP contribution in [0.5, 0.6) is 0 Å². The van der Waals surface area contributed by atoms with Gasteiger partial charge in [-0.05, 0) is 18.2 Å². The van der Waals surface area contributed by atoms with Crippen LogP contribution in [0.15, 0.2) is 28.9 Å². The number of nitrogens with one attached hydrogen (secondary N) is 1. The lowest BCUT2D eigenvalue weighted by atomic mass is 9.88. The largest absolute Gasteiger partial charge is 0.384 e. The highest BCUT2D eigenvalue weighted by atomic mass is 79.9. The van der Waals surface area contributed by atoms with Crippen molar-refractivity contribution in [2.75, 3.05) is 25.1 Å². The zero-order valence-electron chi connectivity index (χ0n) is 10.5. The molecule has 0 aliphatic carbocycles. The second-order valence-electron chi connectivity index (χ2n) is 5.30. The van der Waals surface area contributed by atoms with Crippen LogP contribution >= 0.6 is 27.5 Å². The van der Waals surface area contributed by atoms with Crippen molar-refractivity contribution >= 4 is 44.1 Å². The van der Waals surface area contributed by atoms with E-state index >= 15 is 0 Å². The number of anilines is 1. The third kappa shape index (κ3) is 2.57. The van der Waals surface area contributed by atoms with Crippen molar-refractivity contribution < 1.29 is 4.74 Å². The van der Waals surface area contributed by atoms with E-state index in [2.05, 4.69) is 33.2 Å². The van der Waals surface area contributed by atoms with Gasteiger partial charge in [-0.3, -0.25) is 4.98 Å². The highest BCUT2D eigenvalue weighted by molar-refractivity contribution is 9.10. The van der Waals surface area contributed by atoms with Gasteiger partial charge in [0.05, 0.1) is 23.8 Å². The van der Waals surface area contributed by atoms with Crippen LogP contribution in [0.3, 0.4) is 0 Å². The van der Waals surface area contributed by atoms with Gasteiger partial charge in [-0.15, -0.1) is 0 Å². The van der Waals surface area contributed by atoms with Crippen molar-refractivity contribution in [3.8, 4) is 0 Å². The molecule has 1 fully saturated rings. The number of benzene rings is 1. The van der Waals surface area contributed by atoms with E-state index in [0.29, 0.717) is 5.02 Å². The average molecular weight is 342 g/mol. The van der Waals surface area contributed by atoms with Crippen molar-refractivity contribution in [3.63, 3.8) is 0 Å². The summed E-state index contributed by atoms with van der Waals surface area (Å²) < 4.78 is 6.23. The molecule has 3 nitrogen and oxygen atoms in total. The summed E-state index contributed by atoms with van der Waals surface area (Å²) in [7, 11) is 0. The van der Waals surface area contributed by atoms with E-state index in [0.717, 1.165) is 40.8 Å². The van der Waals surface area contributed by atoms with Crippen molar-refractivity contribution in [3.05, 3.63) is 33.9 Å². The maximum absolute atomic E-state index is 6.22. The fourth-order valence-electron chi connectivity index (χ4n) is 2.19. The Morgan fingerprint density at radius 2 is 2.26 bits per heavy atom. The SMILES string of the molecule is CC1(CNc2ccnc3c(Cl)cc(Br)cc23)COC1. The van der Waals surface area contributed by atoms with E-state index in [9.17, 15) is 0 Å². The zero-order chi connectivity index (χ0) is 13.5. The Bertz CT molecular complexity index is 628. The predicted octanol–water partition coefficient (Wildman–Crippen LogP) is 4.10. The minimum Gasteiger partial charge on any atom is -0.384 e. The van der Waals surface area contributed by atoms with Crippen molar-refractivity contribution in [2.24, 2.45) is 5.41 Å². The molecule has 19 heavy (non-hydrogen) atoms. The second kappa shape index (κ2) is 4.93. The molecule has 1 aromatic heterocycles. The molecule has 0 radical (unpaired) electrons. The molecule has 0 saturated carbocycles. The molecule has 5 heteroatoms. The van der Waals surface area contributed by atoms with Crippen LogP contribution in [-0.2, 0) is 4.74 Å². The standard InChI is InChI=1S/C14H14BrClN2O/c1-14(7-19-8-14)6-18-12-2-3-17-13-10(12)4-9(15)5-11(13)16/h2-5H,6-8H2,1H3,(H,17,18). The first-order valence-corrected chi connectivity index (χ1v) is 7.30. The molecule has 2 aromatic rings. The number of aromatic nitrogens is 1. The maximum atomic E-state index is 6.22. The van der Waals surface area contributed by atoms with Crippen molar-refractivity contribution in [2.45, 2.75) is 6.92 Å². The summed E-state index contributed by atoms with van der Waals surface area (Å²) in [4.78, 5) is 4.34. The minimum atomic E-state index is 0.228. The molecule has 1 saturated heterocycles. The fourth-order valence-corrected chi connectivity index (χ4v) is 3.05. The van der Waals surface area contributed by atoms with Crippen molar-refractivity contribution in [1.29, 1.82) is 0 Å². The van der Waals surface area contributed by atoms with E-state index < -0.39 is 0 Å². The molecule has 0 atom stereocenters. The molecule has 100 valence electrons. The Hall–Kier alpha value is -0.840. The first-order valence-electron chi connectivity index (χ1n) is 6.13. The molecule has 0 amide bonds. The molecule has 0 unspecified atom stereocenters. The monoisotopic (exact) mass is 340 g/mol. The summed E-state index contributed by atoms with van der Waals surface area (Å²) in [5.74, 6) is 0. The van der Waals surface area contributed by atoms with Gasteiger partial charge in [0.2, 0.25) is 0 Å². The van der Waals surface area contributed by atoms with Gasteiger partial charge in [-0.1, -0.05) is 34.5 Å². The number of nitrogens with zero attached hydrogens (tertiary/aromatic N) is 1. The molecule has 0 spiro atoms. The van der Waals surface area contributed by atoms with E-state index in [1.54, 1.807) is 6.20 Å². The van der Waals surface area contributed by atoms with Crippen LogP contribution in [0.1, 0.15) is 6.92 Å². The summed E-state index contributed by atoms with van der Waals surface area (Å²) in [6.45, 7) is 4.73. The molecule has 1 aliphatic heterocycles. The van der Waals surface area contributed by atoms with Gasteiger partial charge in [0.1, 0.15) is 0 Å². The fraction of sp³-hybridized carbons (Fsp3) is 0.357. The lowest BCUT2D eigenvalue weighted by Gasteiger charge is -2.38. The smallest absolute Gasteiger partial charge is 0.0909 e. The lowest BCUT2D eigenvalue weighted by Crippen LogP contribution is -2.45. The number of hydrogen-bond donors (Lipinski definition) is 1. The summed E-state index contributed by atoms with van der Waals surface area (Å²) in [5, 5.41) is 5.18. The first kappa shape index (κ1) is 13.2. The number of hydrogen-bond acceptors (Lipinski definition) is 3. The molecule has 2 heterocycles. The minimum absolute atomic E-state index is 0.228. The summed E-state index contributed by atoms with van der Waals surface area (Å²) >= 11 is 9.70. The summed E-state index contributed by atoms with van der Waals surface area (Å²) in [6.07, 6.45) is 1.78. The number of pyridine rings is 1. The predicted molar refractivity (Wildman–Crippen MR) is 81.9 cm³/mol. The molecule has 1 aliphatic rings. The van der Waals surface area contributed by atoms with Crippen LogP contribution in [0.2, 0.25) is 5.02 Å². The third-order valence-electron chi connectivity index (χ3n) is 3.37. The number of halogens is 2. The first-order chi connectivity index (χ1) is 9.07. The Balaban J connectivity index is 1.94. The lowest BCUT2D eigenvalue weighted by molar-refractivity contribution is -0.0924. The summed E-state index contributed by atoms with van der Waals surface area (Å²) in [6, 6.07) is 5.88. The zero-order valence-corrected chi connectivity index (χ0v) is 12.9. The maximum Gasteiger partial charge on any atom is 0.0909 e. The number of fused-ring (bicyclic) bond motifs is 1. The Morgan fingerprint density at radius 3 is 2.95 bits per heavy atom. The number of rotatable bonds is 3. The molecule has 0 bridgehead atoms. The average Bonchev–Trinajstić information content (AvgIpc) is 2.34. The van der Waals surface area contributed by atoms with Crippen LogP contribution < -0.4 is 5.32 Å². The van der Waals surface area contributed by atoms with E-state index in [1.165, 1.54) is 0 Å². The number of ether oxygens (including phenoxy) is 1. The second-order valence-corrected chi connectivity index (χ2v) is 6.62. The van der Waals surface area contributed by atoms with Gasteiger partial charge >= 0.3 is 0 Å². The van der Waals surface area contributed by atoms with Crippen LogP contribution in [0.4, 0.5) is 5.69 Å². The van der Waals surface area contributed by atoms with Crippen LogP contribution in [0.25, 0.3) is 10.9 Å². The normalized spacial score (nSPS) is 17.2. The Kier molecular flexibility index (Phi) is 3.41.